The number of hydrogen-bond acceptors (Lipinski definition) is 4. The van der Waals surface area contributed by atoms with Crippen LogP contribution in [-0.2, 0) is 4.74 Å². The number of fused-ring (bicyclic) bond motifs is 1. The third kappa shape index (κ3) is 2.93. The molecule has 0 bridgehead atoms. The van der Waals surface area contributed by atoms with Crippen LogP contribution in [0.25, 0.3) is 33.3 Å². The van der Waals surface area contributed by atoms with Gasteiger partial charge in [-0.3, -0.25) is 4.98 Å². The van der Waals surface area contributed by atoms with E-state index < -0.39 is 0 Å². The Bertz CT molecular complexity index is 1070. The van der Waals surface area contributed by atoms with Gasteiger partial charge >= 0.3 is 5.97 Å². The van der Waals surface area contributed by atoms with Crippen molar-refractivity contribution in [2.75, 3.05) is 7.11 Å². The molecule has 0 saturated heterocycles. The number of pyridine rings is 2. The molecule has 0 radical (unpaired) electrons. The number of nitrogens with zero attached hydrogens (tertiary/aromatic N) is 2. The van der Waals surface area contributed by atoms with Crippen LogP contribution in [0.15, 0.2) is 79.1 Å². The van der Waals surface area contributed by atoms with E-state index >= 15 is 0 Å². The number of para-hydroxylation sites is 1. The van der Waals surface area contributed by atoms with Gasteiger partial charge in [0.1, 0.15) is 0 Å². The van der Waals surface area contributed by atoms with Gasteiger partial charge < -0.3 is 4.74 Å². The van der Waals surface area contributed by atoms with Crippen molar-refractivity contribution in [3.05, 3.63) is 84.7 Å². The Morgan fingerprint density at radius 3 is 2.38 bits per heavy atom. The average molecular weight is 340 g/mol. The number of carbonyl (C=O) groups excluding carboxylic acids is 1. The predicted molar refractivity (Wildman–Crippen MR) is 102 cm³/mol. The summed E-state index contributed by atoms with van der Waals surface area (Å²) in [4.78, 5) is 21.1. The first-order chi connectivity index (χ1) is 12.8. The molecule has 2 aromatic carbocycles. The first-order valence-corrected chi connectivity index (χ1v) is 8.25. The topological polar surface area (TPSA) is 52.1 Å². The smallest absolute Gasteiger partial charge is 0.338 e. The molecule has 0 spiro atoms. The largest absolute Gasteiger partial charge is 0.465 e. The number of aromatic nitrogens is 2. The molecule has 26 heavy (non-hydrogen) atoms. The Hall–Kier alpha value is -3.53. The maximum absolute atomic E-state index is 12.2. The predicted octanol–water partition coefficient (Wildman–Crippen LogP) is 4.75. The lowest BCUT2D eigenvalue weighted by atomic mass is 10.0. The van der Waals surface area contributed by atoms with Gasteiger partial charge in [-0.15, -0.1) is 0 Å². The van der Waals surface area contributed by atoms with E-state index in [1.807, 2.05) is 66.9 Å². The molecule has 0 amide bonds. The van der Waals surface area contributed by atoms with Crippen molar-refractivity contribution in [2.45, 2.75) is 0 Å². The normalized spacial score (nSPS) is 10.7. The van der Waals surface area contributed by atoms with E-state index in [2.05, 4.69) is 4.98 Å². The number of rotatable bonds is 3. The molecule has 0 aliphatic heterocycles. The van der Waals surface area contributed by atoms with Gasteiger partial charge in [-0.25, -0.2) is 9.78 Å². The lowest BCUT2D eigenvalue weighted by Gasteiger charge is -2.09. The van der Waals surface area contributed by atoms with Crippen molar-refractivity contribution in [3.8, 4) is 22.4 Å². The van der Waals surface area contributed by atoms with Crippen LogP contribution in [0.5, 0.6) is 0 Å². The first kappa shape index (κ1) is 16.0. The van der Waals surface area contributed by atoms with Crippen molar-refractivity contribution in [2.24, 2.45) is 0 Å². The molecule has 4 nitrogen and oxygen atoms in total. The van der Waals surface area contributed by atoms with Gasteiger partial charge in [0, 0.05) is 23.3 Å². The molecular formula is C22H16N2O2. The zero-order valence-corrected chi connectivity index (χ0v) is 14.2. The lowest BCUT2D eigenvalue weighted by Crippen LogP contribution is -2.03. The molecule has 0 unspecified atom stereocenters. The highest BCUT2D eigenvalue weighted by Gasteiger charge is 2.14. The van der Waals surface area contributed by atoms with Crippen LogP contribution in [-0.4, -0.2) is 23.0 Å². The Morgan fingerprint density at radius 1 is 0.885 bits per heavy atom. The average Bonchev–Trinajstić information content (AvgIpc) is 2.73. The quantitative estimate of drug-likeness (QED) is 0.505. The summed E-state index contributed by atoms with van der Waals surface area (Å²) in [5.41, 5.74) is 5.10. The van der Waals surface area contributed by atoms with E-state index in [1.54, 1.807) is 12.3 Å². The molecule has 2 heterocycles. The van der Waals surface area contributed by atoms with E-state index in [4.69, 9.17) is 9.72 Å². The molecule has 2 aromatic heterocycles. The maximum Gasteiger partial charge on any atom is 0.338 e. The Labute approximate surface area is 151 Å². The van der Waals surface area contributed by atoms with Gasteiger partial charge in [-0.2, -0.15) is 0 Å². The van der Waals surface area contributed by atoms with Crippen LogP contribution in [0.2, 0.25) is 0 Å². The third-order valence-electron chi connectivity index (χ3n) is 4.30. The molecule has 0 fully saturated rings. The molecule has 126 valence electrons. The van der Waals surface area contributed by atoms with Gasteiger partial charge in [-0.1, -0.05) is 48.5 Å². The summed E-state index contributed by atoms with van der Waals surface area (Å²) in [6, 6.07) is 21.3. The third-order valence-corrected chi connectivity index (χ3v) is 4.30. The molecule has 0 saturated carbocycles. The minimum atomic E-state index is -0.364. The number of benzene rings is 2. The van der Waals surface area contributed by atoms with Crippen LogP contribution in [0.1, 0.15) is 10.4 Å². The minimum Gasteiger partial charge on any atom is -0.465 e. The fraction of sp³-hybridized carbons (Fsp3) is 0.0455. The Kier molecular flexibility index (Phi) is 4.15. The fourth-order valence-electron chi connectivity index (χ4n) is 2.97. The molecule has 0 aliphatic rings. The molecule has 4 aromatic rings. The standard InChI is InChI=1S/C22H16N2O2/c1-26-22(25)19-13-21(24-20-7-3-2-6-18(19)20)16-10-8-15(9-11-16)17-5-4-12-23-14-17/h2-14H,1H3. The van der Waals surface area contributed by atoms with Gasteiger partial charge in [0.25, 0.3) is 0 Å². The second-order valence-electron chi connectivity index (χ2n) is 5.88. The summed E-state index contributed by atoms with van der Waals surface area (Å²) in [6.07, 6.45) is 3.59. The molecule has 4 rings (SSSR count). The molecular weight excluding hydrogens is 324 g/mol. The summed E-state index contributed by atoms with van der Waals surface area (Å²) in [6.45, 7) is 0. The summed E-state index contributed by atoms with van der Waals surface area (Å²) in [5.74, 6) is -0.364. The molecule has 0 atom stereocenters. The van der Waals surface area contributed by atoms with Crippen LogP contribution in [0.3, 0.4) is 0 Å². The zero-order valence-electron chi connectivity index (χ0n) is 14.2. The lowest BCUT2D eigenvalue weighted by molar-refractivity contribution is 0.0603. The van der Waals surface area contributed by atoms with Crippen molar-refractivity contribution in [1.82, 2.24) is 9.97 Å². The Morgan fingerprint density at radius 2 is 1.65 bits per heavy atom. The van der Waals surface area contributed by atoms with E-state index in [9.17, 15) is 4.79 Å². The van der Waals surface area contributed by atoms with Crippen molar-refractivity contribution in [3.63, 3.8) is 0 Å². The highest BCUT2D eigenvalue weighted by Crippen LogP contribution is 2.27. The summed E-state index contributed by atoms with van der Waals surface area (Å²) in [5, 5.41) is 0.787. The van der Waals surface area contributed by atoms with E-state index in [0.29, 0.717) is 5.56 Å². The highest BCUT2D eigenvalue weighted by molar-refractivity contribution is 6.04. The summed E-state index contributed by atoms with van der Waals surface area (Å²) >= 11 is 0. The number of esters is 1. The molecule has 0 aliphatic carbocycles. The minimum absolute atomic E-state index is 0.364. The van der Waals surface area contributed by atoms with Crippen LogP contribution < -0.4 is 0 Å². The van der Waals surface area contributed by atoms with Gasteiger partial charge in [0.2, 0.25) is 0 Å². The number of ether oxygens (including phenoxy) is 1. The van der Waals surface area contributed by atoms with Crippen molar-refractivity contribution < 1.29 is 9.53 Å². The fourth-order valence-corrected chi connectivity index (χ4v) is 2.97. The number of methoxy groups -OCH3 is 1. The van der Waals surface area contributed by atoms with E-state index in [1.165, 1.54) is 7.11 Å². The number of carbonyl (C=O) groups is 1. The van der Waals surface area contributed by atoms with Gasteiger partial charge in [-0.05, 0) is 29.3 Å². The van der Waals surface area contributed by atoms with Crippen molar-refractivity contribution in [1.29, 1.82) is 0 Å². The number of hydrogen-bond donors (Lipinski definition) is 0. The highest BCUT2D eigenvalue weighted by atomic mass is 16.5. The van der Waals surface area contributed by atoms with Crippen LogP contribution in [0.4, 0.5) is 0 Å². The second-order valence-corrected chi connectivity index (χ2v) is 5.88. The summed E-state index contributed by atoms with van der Waals surface area (Å²) < 4.78 is 4.94. The van der Waals surface area contributed by atoms with E-state index in [0.717, 1.165) is 33.3 Å². The first-order valence-electron chi connectivity index (χ1n) is 8.25. The Balaban J connectivity index is 1.80. The maximum atomic E-state index is 12.2. The van der Waals surface area contributed by atoms with Gasteiger partial charge in [0.05, 0.1) is 23.9 Å². The van der Waals surface area contributed by atoms with Crippen molar-refractivity contribution >= 4 is 16.9 Å². The van der Waals surface area contributed by atoms with Gasteiger partial charge in [0.15, 0.2) is 0 Å². The van der Waals surface area contributed by atoms with Crippen LogP contribution >= 0.6 is 0 Å². The molecule has 4 heteroatoms. The molecule has 0 N–H and O–H groups in total. The van der Waals surface area contributed by atoms with Crippen LogP contribution in [0, 0.1) is 0 Å². The second kappa shape index (κ2) is 6.76. The summed E-state index contributed by atoms with van der Waals surface area (Å²) in [7, 11) is 1.39. The SMILES string of the molecule is COC(=O)c1cc(-c2ccc(-c3cccnc3)cc2)nc2ccccc12. The van der Waals surface area contributed by atoms with E-state index in [-0.39, 0.29) is 5.97 Å². The zero-order chi connectivity index (χ0) is 17.9. The monoisotopic (exact) mass is 340 g/mol.